The summed E-state index contributed by atoms with van der Waals surface area (Å²) in [6.07, 6.45) is -3.37. The number of alkyl halides is 3. The van der Waals surface area contributed by atoms with Gasteiger partial charge in [-0.2, -0.15) is 13.2 Å². The summed E-state index contributed by atoms with van der Waals surface area (Å²) in [5, 5.41) is 22.4. The highest BCUT2D eigenvalue weighted by Crippen LogP contribution is 2.38. The number of carbonyl (C=O) groups is 1. The summed E-state index contributed by atoms with van der Waals surface area (Å²) in [5.74, 6) is -1.35. The summed E-state index contributed by atoms with van der Waals surface area (Å²) in [6.45, 7) is 0. The van der Waals surface area contributed by atoms with E-state index in [1.165, 1.54) is 0 Å². The Bertz CT molecular complexity index is 584. The number of halogens is 3. The maximum Gasteiger partial charge on any atom is 0.416 e. The molecule has 1 unspecified atom stereocenters. The quantitative estimate of drug-likeness (QED) is 0.644. The summed E-state index contributed by atoms with van der Waals surface area (Å²) in [5.41, 5.74) is -2.18. The third kappa shape index (κ3) is 3.41. The highest BCUT2D eigenvalue weighted by atomic mass is 19.4. The van der Waals surface area contributed by atoms with E-state index in [9.17, 15) is 28.1 Å². The van der Waals surface area contributed by atoms with Gasteiger partial charge in [-0.15, -0.1) is 0 Å². The van der Waals surface area contributed by atoms with Gasteiger partial charge in [0.15, 0.2) is 0 Å². The van der Waals surface area contributed by atoms with E-state index in [4.69, 9.17) is 5.11 Å². The van der Waals surface area contributed by atoms with Gasteiger partial charge in [-0.1, -0.05) is 0 Å². The Balaban J connectivity index is 2.34. The van der Waals surface area contributed by atoms with Crippen LogP contribution in [0.3, 0.4) is 0 Å². The predicted octanol–water partition coefficient (Wildman–Crippen LogP) is 2.89. The lowest BCUT2D eigenvalue weighted by molar-refractivity contribution is -0.384. The van der Waals surface area contributed by atoms with Gasteiger partial charge in [-0.25, -0.2) is 4.79 Å². The number of carboxylic acids is 1. The number of nitro groups is 1. The Kier molecular flexibility index (Phi) is 3.75. The molecule has 9 heteroatoms. The van der Waals surface area contributed by atoms with Crippen LogP contribution in [0.2, 0.25) is 0 Å². The normalized spacial score (nSPS) is 16.3. The van der Waals surface area contributed by atoms with Gasteiger partial charge in [0.2, 0.25) is 0 Å². The van der Waals surface area contributed by atoms with Gasteiger partial charge in [0.05, 0.1) is 10.5 Å². The van der Waals surface area contributed by atoms with Crippen molar-refractivity contribution >= 4 is 17.3 Å². The van der Waals surface area contributed by atoms with Crippen LogP contribution >= 0.6 is 0 Å². The zero-order chi connectivity index (χ0) is 15.8. The van der Waals surface area contributed by atoms with Crippen LogP contribution in [0.25, 0.3) is 0 Å². The number of rotatable bonds is 5. The Morgan fingerprint density at radius 1 is 1.43 bits per heavy atom. The lowest BCUT2D eigenvalue weighted by Crippen LogP contribution is -2.31. The second-order valence-corrected chi connectivity index (χ2v) is 4.78. The number of carboxylic acid groups (broad SMARTS) is 1. The second kappa shape index (κ2) is 5.23. The molecule has 1 aliphatic rings. The number of nitro benzene ring substituents is 1. The fourth-order valence-corrected chi connectivity index (χ4v) is 1.96. The standard InChI is InChI=1S/C12H11F3N2O4/c13-12(14,15)7-3-4-8(9(5-7)17(20)21)16-10(11(18)19)6-1-2-6/h3-6,10,16H,1-2H2,(H,18,19). The van der Waals surface area contributed by atoms with Crippen LogP contribution in [-0.4, -0.2) is 22.0 Å². The summed E-state index contributed by atoms with van der Waals surface area (Å²) in [6, 6.07) is 0.926. The fraction of sp³-hybridized carbons (Fsp3) is 0.417. The fourth-order valence-electron chi connectivity index (χ4n) is 1.96. The molecule has 0 bridgehead atoms. The number of benzene rings is 1. The number of hydrogen-bond donors (Lipinski definition) is 2. The third-order valence-electron chi connectivity index (χ3n) is 3.19. The van der Waals surface area contributed by atoms with Gasteiger partial charge < -0.3 is 10.4 Å². The van der Waals surface area contributed by atoms with Gasteiger partial charge in [0, 0.05) is 6.07 Å². The van der Waals surface area contributed by atoms with E-state index in [1.54, 1.807) is 0 Å². The van der Waals surface area contributed by atoms with Crippen LogP contribution in [0.4, 0.5) is 24.5 Å². The van der Waals surface area contributed by atoms with Crippen LogP contribution in [0.5, 0.6) is 0 Å². The zero-order valence-electron chi connectivity index (χ0n) is 10.6. The number of aliphatic carboxylic acids is 1. The zero-order valence-corrected chi connectivity index (χ0v) is 10.6. The molecule has 0 amide bonds. The van der Waals surface area contributed by atoms with Crippen molar-refractivity contribution in [3.63, 3.8) is 0 Å². The Morgan fingerprint density at radius 3 is 2.48 bits per heavy atom. The molecule has 1 aromatic rings. The lowest BCUT2D eigenvalue weighted by atomic mass is 10.1. The Labute approximate surface area is 116 Å². The first-order valence-electron chi connectivity index (χ1n) is 6.05. The van der Waals surface area contributed by atoms with E-state index in [0.717, 1.165) is 6.07 Å². The molecule has 1 fully saturated rings. The molecule has 0 spiro atoms. The summed E-state index contributed by atoms with van der Waals surface area (Å²) >= 11 is 0. The third-order valence-corrected chi connectivity index (χ3v) is 3.19. The minimum atomic E-state index is -4.70. The molecule has 1 aromatic carbocycles. The second-order valence-electron chi connectivity index (χ2n) is 4.78. The topological polar surface area (TPSA) is 92.5 Å². The van der Waals surface area contributed by atoms with Crippen LogP contribution in [0, 0.1) is 16.0 Å². The first-order chi connectivity index (χ1) is 9.70. The molecular formula is C12H11F3N2O4. The molecule has 0 radical (unpaired) electrons. The number of nitrogens with one attached hydrogen (secondary N) is 1. The van der Waals surface area contributed by atoms with E-state index in [1.807, 2.05) is 0 Å². The maximum absolute atomic E-state index is 12.6. The highest BCUT2D eigenvalue weighted by molar-refractivity contribution is 5.80. The number of hydrogen-bond acceptors (Lipinski definition) is 4. The molecule has 114 valence electrons. The average Bonchev–Trinajstić information content (AvgIpc) is 3.18. The van der Waals surface area contributed by atoms with E-state index in [0.29, 0.717) is 25.0 Å². The summed E-state index contributed by atoms with van der Waals surface area (Å²) in [4.78, 5) is 21.0. The molecule has 1 saturated carbocycles. The van der Waals surface area contributed by atoms with Crippen LogP contribution in [-0.2, 0) is 11.0 Å². The van der Waals surface area contributed by atoms with Gasteiger partial charge in [0.1, 0.15) is 11.7 Å². The van der Waals surface area contributed by atoms with E-state index < -0.39 is 34.4 Å². The van der Waals surface area contributed by atoms with E-state index in [-0.39, 0.29) is 11.6 Å². The Hall–Kier alpha value is -2.32. The lowest BCUT2D eigenvalue weighted by Gasteiger charge is -2.16. The van der Waals surface area contributed by atoms with Crippen molar-refractivity contribution in [3.8, 4) is 0 Å². The molecule has 6 nitrogen and oxygen atoms in total. The molecule has 21 heavy (non-hydrogen) atoms. The van der Waals surface area contributed by atoms with Crippen LogP contribution in [0.15, 0.2) is 18.2 Å². The Morgan fingerprint density at radius 2 is 2.05 bits per heavy atom. The molecule has 0 aromatic heterocycles. The molecular weight excluding hydrogens is 293 g/mol. The maximum atomic E-state index is 12.6. The van der Waals surface area contributed by atoms with Crippen molar-refractivity contribution in [2.24, 2.45) is 5.92 Å². The molecule has 0 heterocycles. The number of nitrogens with zero attached hydrogens (tertiary/aromatic N) is 1. The van der Waals surface area contributed by atoms with E-state index >= 15 is 0 Å². The van der Waals surface area contributed by atoms with Crippen molar-refractivity contribution in [3.05, 3.63) is 33.9 Å². The van der Waals surface area contributed by atoms with Crippen molar-refractivity contribution < 1.29 is 28.0 Å². The molecule has 1 aliphatic carbocycles. The molecule has 2 rings (SSSR count). The summed E-state index contributed by atoms with van der Waals surface area (Å²) < 4.78 is 37.7. The van der Waals surface area contributed by atoms with Crippen molar-refractivity contribution in [1.29, 1.82) is 0 Å². The molecule has 2 N–H and O–H groups in total. The summed E-state index contributed by atoms with van der Waals surface area (Å²) in [7, 11) is 0. The number of anilines is 1. The van der Waals surface area contributed by atoms with Gasteiger partial charge in [-0.3, -0.25) is 10.1 Å². The minimum absolute atomic E-state index is 0.163. The van der Waals surface area contributed by atoms with Crippen molar-refractivity contribution in [1.82, 2.24) is 0 Å². The van der Waals surface area contributed by atoms with Crippen LogP contribution in [0.1, 0.15) is 18.4 Å². The minimum Gasteiger partial charge on any atom is -0.480 e. The van der Waals surface area contributed by atoms with Gasteiger partial charge >= 0.3 is 12.1 Å². The molecule has 0 saturated heterocycles. The molecule has 0 aliphatic heterocycles. The van der Waals surface area contributed by atoms with Crippen LogP contribution < -0.4 is 5.32 Å². The first kappa shape index (κ1) is 15.1. The van der Waals surface area contributed by atoms with Gasteiger partial charge in [0.25, 0.3) is 5.69 Å². The van der Waals surface area contributed by atoms with Gasteiger partial charge in [-0.05, 0) is 30.9 Å². The first-order valence-corrected chi connectivity index (χ1v) is 6.05. The van der Waals surface area contributed by atoms with Crippen molar-refractivity contribution in [2.75, 3.05) is 5.32 Å². The smallest absolute Gasteiger partial charge is 0.416 e. The SMILES string of the molecule is O=C(O)C(Nc1ccc(C(F)(F)F)cc1[N+](=O)[O-])C1CC1. The monoisotopic (exact) mass is 304 g/mol. The van der Waals surface area contributed by atoms with Crippen molar-refractivity contribution in [2.45, 2.75) is 25.1 Å². The van der Waals surface area contributed by atoms with E-state index in [2.05, 4.69) is 5.32 Å². The predicted molar refractivity (Wildman–Crippen MR) is 65.9 cm³/mol. The highest BCUT2D eigenvalue weighted by Gasteiger charge is 2.38. The largest absolute Gasteiger partial charge is 0.480 e. The molecule has 1 atom stereocenters. The average molecular weight is 304 g/mol.